The summed E-state index contributed by atoms with van der Waals surface area (Å²) in [6, 6.07) is 7.41. The third-order valence-electron chi connectivity index (χ3n) is 4.23. The molecule has 2 aromatic heterocycles. The van der Waals surface area contributed by atoms with Gasteiger partial charge >= 0.3 is 0 Å². The second kappa shape index (κ2) is 10.5. The van der Waals surface area contributed by atoms with Crippen LogP contribution >= 0.6 is 23.4 Å². The molecule has 11 heteroatoms. The Morgan fingerprint density at radius 3 is 2.80 bits per heavy atom. The molecule has 1 amide bonds. The lowest BCUT2D eigenvalue weighted by Gasteiger charge is -2.10. The summed E-state index contributed by atoms with van der Waals surface area (Å²) < 4.78 is 14.1. The minimum atomic E-state index is -0.123. The highest BCUT2D eigenvalue weighted by Crippen LogP contribution is 2.30. The van der Waals surface area contributed by atoms with Gasteiger partial charge in [-0.2, -0.15) is 0 Å². The van der Waals surface area contributed by atoms with Crippen LogP contribution in [0.15, 0.2) is 35.6 Å². The summed E-state index contributed by atoms with van der Waals surface area (Å²) in [6.45, 7) is 1.37. The fraction of sp³-hybridized carbons (Fsp3) is 0.368. The average Bonchev–Trinajstić information content (AvgIpc) is 3.32. The molecule has 160 valence electrons. The van der Waals surface area contributed by atoms with Crippen molar-refractivity contribution < 1.29 is 14.3 Å². The number of aromatic nitrogens is 5. The largest absolute Gasteiger partial charge is 0.479 e. The molecule has 0 radical (unpaired) electrons. The van der Waals surface area contributed by atoms with Crippen LogP contribution in [0.5, 0.6) is 5.88 Å². The maximum Gasteiger partial charge on any atom is 0.243 e. The molecule has 0 aliphatic heterocycles. The number of halogens is 1. The molecule has 0 atom stereocenters. The Balaban J connectivity index is 1.70. The average molecular weight is 451 g/mol. The molecule has 0 spiro atoms. The Hall–Kier alpha value is -2.56. The number of carbonyl (C=O) groups is 1. The van der Waals surface area contributed by atoms with Crippen LogP contribution in [0.2, 0.25) is 5.02 Å². The zero-order chi connectivity index (χ0) is 21.5. The molecule has 0 saturated heterocycles. The first-order chi connectivity index (χ1) is 14.5. The van der Waals surface area contributed by atoms with Gasteiger partial charge in [0.2, 0.25) is 11.8 Å². The predicted octanol–water partition coefficient (Wildman–Crippen LogP) is 2.40. The van der Waals surface area contributed by atoms with Gasteiger partial charge in [0.1, 0.15) is 5.56 Å². The third-order valence-corrected chi connectivity index (χ3v) is 5.57. The maximum atomic E-state index is 12.3. The molecule has 1 aromatic carbocycles. The van der Waals surface area contributed by atoms with Gasteiger partial charge in [-0.05, 0) is 11.6 Å². The SMILES string of the molecule is COCCn1c(SCC(=O)NCc2ccccc2Cl)nnc1-c1cn(C)nc1OC. The molecule has 30 heavy (non-hydrogen) atoms. The molecule has 3 aromatic rings. The van der Waals surface area contributed by atoms with Crippen molar-refractivity contribution in [2.24, 2.45) is 7.05 Å². The molecule has 0 saturated carbocycles. The van der Waals surface area contributed by atoms with Gasteiger partial charge in [0.25, 0.3) is 0 Å². The summed E-state index contributed by atoms with van der Waals surface area (Å²) >= 11 is 7.43. The monoisotopic (exact) mass is 450 g/mol. The second-order valence-corrected chi connectivity index (χ2v) is 7.68. The van der Waals surface area contributed by atoms with E-state index in [2.05, 4.69) is 20.6 Å². The fourth-order valence-corrected chi connectivity index (χ4v) is 3.76. The third kappa shape index (κ3) is 5.32. The van der Waals surface area contributed by atoms with Gasteiger partial charge in [-0.3, -0.25) is 14.0 Å². The number of hydrogen-bond donors (Lipinski definition) is 1. The summed E-state index contributed by atoms with van der Waals surface area (Å²) in [5, 5.41) is 16.9. The molecule has 0 aliphatic carbocycles. The zero-order valence-electron chi connectivity index (χ0n) is 17.0. The lowest BCUT2D eigenvalue weighted by Crippen LogP contribution is -2.25. The first-order valence-corrected chi connectivity index (χ1v) is 10.5. The van der Waals surface area contributed by atoms with E-state index in [0.29, 0.717) is 41.6 Å². The minimum absolute atomic E-state index is 0.123. The van der Waals surface area contributed by atoms with Gasteiger partial charge in [-0.15, -0.1) is 15.3 Å². The molecule has 0 bridgehead atoms. The number of benzene rings is 1. The Morgan fingerprint density at radius 2 is 2.07 bits per heavy atom. The van der Waals surface area contributed by atoms with Crippen molar-refractivity contribution in [2.75, 3.05) is 26.6 Å². The molecule has 3 rings (SSSR count). The van der Waals surface area contributed by atoms with Crippen LogP contribution in [-0.4, -0.2) is 57.0 Å². The van der Waals surface area contributed by atoms with Crippen LogP contribution in [0, 0.1) is 0 Å². The highest BCUT2D eigenvalue weighted by molar-refractivity contribution is 7.99. The Kier molecular flexibility index (Phi) is 7.72. The smallest absolute Gasteiger partial charge is 0.243 e. The quantitative estimate of drug-likeness (QED) is 0.474. The Morgan fingerprint density at radius 1 is 1.27 bits per heavy atom. The number of thioether (sulfide) groups is 1. The van der Waals surface area contributed by atoms with E-state index >= 15 is 0 Å². The number of aryl methyl sites for hydroxylation is 1. The number of nitrogens with zero attached hydrogens (tertiary/aromatic N) is 5. The van der Waals surface area contributed by atoms with Crippen molar-refractivity contribution in [1.29, 1.82) is 0 Å². The molecule has 2 heterocycles. The number of rotatable bonds is 10. The van der Waals surface area contributed by atoms with E-state index in [4.69, 9.17) is 21.1 Å². The van der Waals surface area contributed by atoms with Crippen LogP contribution in [0.1, 0.15) is 5.56 Å². The zero-order valence-corrected chi connectivity index (χ0v) is 18.5. The predicted molar refractivity (Wildman–Crippen MR) is 115 cm³/mol. The van der Waals surface area contributed by atoms with Crippen molar-refractivity contribution in [3.8, 4) is 17.3 Å². The van der Waals surface area contributed by atoms with E-state index < -0.39 is 0 Å². The highest BCUT2D eigenvalue weighted by atomic mass is 35.5. The van der Waals surface area contributed by atoms with Crippen molar-refractivity contribution in [1.82, 2.24) is 29.9 Å². The highest BCUT2D eigenvalue weighted by Gasteiger charge is 2.20. The van der Waals surface area contributed by atoms with Crippen LogP contribution in [0.25, 0.3) is 11.4 Å². The lowest BCUT2D eigenvalue weighted by atomic mass is 10.2. The van der Waals surface area contributed by atoms with E-state index in [9.17, 15) is 4.79 Å². The summed E-state index contributed by atoms with van der Waals surface area (Å²) in [7, 11) is 4.99. The van der Waals surface area contributed by atoms with Crippen molar-refractivity contribution in [3.63, 3.8) is 0 Å². The summed E-state index contributed by atoms with van der Waals surface area (Å²) in [4.78, 5) is 12.3. The van der Waals surface area contributed by atoms with Gasteiger partial charge in [0.15, 0.2) is 11.0 Å². The van der Waals surface area contributed by atoms with Gasteiger partial charge in [0, 0.05) is 31.9 Å². The topological polar surface area (TPSA) is 96.1 Å². The van der Waals surface area contributed by atoms with E-state index in [0.717, 1.165) is 11.1 Å². The first kappa shape index (κ1) is 22.1. The van der Waals surface area contributed by atoms with Gasteiger partial charge in [-0.1, -0.05) is 41.6 Å². The maximum absolute atomic E-state index is 12.3. The van der Waals surface area contributed by atoms with Crippen LogP contribution in [0.4, 0.5) is 0 Å². The van der Waals surface area contributed by atoms with E-state index in [-0.39, 0.29) is 11.7 Å². The number of nitrogens with one attached hydrogen (secondary N) is 1. The molecule has 1 N–H and O–H groups in total. The van der Waals surface area contributed by atoms with Crippen LogP contribution in [-0.2, 0) is 29.7 Å². The number of ether oxygens (including phenoxy) is 2. The summed E-state index contributed by atoms with van der Waals surface area (Å²) in [6.07, 6.45) is 1.82. The van der Waals surface area contributed by atoms with E-state index in [1.54, 1.807) is 32.0 Å². The van der Waals surface area contributed by atoms with Gasteiger partial charge < -0.3 is 14.8 Å². The standard InChI is InChI=1S/C19H23ClN6O3S/c1-25-11-14(18(24-25)29-3)17-22-23-19(26(17)8-9-28-2)30-12-16(27)21-10-13-6-4-5-7-15(13)20/h4-7,11H,8-10,12H2,1-3H3,(H,21,27). The summed E-state index contributed by atoms with van der Waals surface area (Å²) in [5.74, 6) is 1.13. The van der Waals surface area contributed by atoms with Crippen molar-refractivity contribution in [2.45, 2.75) is 18.2 Å². The molecule has 0 aliphatic rings. The Bertz CT molecular complexity index is 1010. The second-order valence-electron chi connectivity index (χ2n) is 6.33. The molecular weight excluding hydrogens is 428 g/mol. The number of amides is 1. The lowest BCUT2D eigenvalue weighted by molar-refractivity contribution is -0.118. The Labute approximate surface area is 183 Å². The van der Waals surface area contributed by atoms with Crippen LogP contribution < -0.4 is 10.1 Å². The first-order valence-electron chi connectivity index (χ1n) is 9.16. The molecule has 9 nitrogen and oxygen atoms in total. The van der Waals surface area contributed by atoms with Crippen molar-refractivity contribution >= 4 is 29.3 Å². The van der Waals surface area contributed by atoms with E-state index in [1.807, 2.05) is 29.0 Å². The van der Waals surface area contributed by atoms with Gasteiger partial charge in [-0.25, -0.2) is 0 Å². The molecule has 0 fully saturated rings. The number of carbonyl (C=O) groups excluding carboxylic acids is 1. The fourth-order valence-electron chi connectivity index (χ4n) is 2.77. The normalized spacial score (nSPS) is 10.9. The van der Waals surface area contributed by atoms with Crippen LogP contribution in [0.3, 0.4) is 0 Å². The molecule has 0 unspecified atom stereocenters. The molecular formula is C19H23ClN6O3S. The number of hydrogen-bond acceptors (Lipinski definition) is 7. The van der Waals surface area contributed by atoms with E-state index in [1.165, 1.54) is 11.8 Å². The van der Waals surface area contributed by atoms with Gasteiger partial charge in [0.05, 0.1) is 26.0 Å². The minimum Gasteiger partial charge on any atom is -0.479 e. The summed E-state index contributed by atoms with van der Waals surface area (Å²) in [5.41, 5.74) is 1.59. The number of methoxy groups -OCH3 is 2. The van der Waals surface area contributed by atoms with Crippen molar-refractivity contribution in [3.05, 3.63) is 41.0 Å².